The van der Waals surface area contributed by atoms with Crippen LogP contribution in [0.15, 0.2) is 83.8 Å². The highest BCUT2D eigenvalue weighted by Crippen LogP contribution is 2.32. The van der Waals surface area contributed by atoms with E-state index >= 15 is 0 Å². The second-order valence-electron chi connectivity index (χ2n) is 5.70. The Balaban J connectivity index is 1.66. The number of esters is 1. The van der Waals surface area contributed by atoms with Gasteiger partial charge in [0.1, 0.15) is 11.3 Å². The fourth-order valence-corrected chi connectivity index (χ4v) is 2.63. The summed E-state index contributed by atoms with van der Waals surface area (Å²) in [4.78, 5) is 16.9. The molecule has 4 rings (SSSR count). The average Bonchev–Trinajstić information content (AvgIpc) is 3.12. The topological polar surface area (TPSA) is 52.3 Å². The van der Waals surface area contributed by atoms with E-state index in [-0.39, 0.29) is 0 Å². The maximum Gasteiger partial charge on any atom is 0.343 e. The summed E-state index contributed by atoms with van der Waals surface area (Å²) in [7, 11) is 0. The molecule has 4 aromatic rings. The molecule has 26 heavy (non-hydrogen) atoms. The fraction of sp³-hybridized carbons (Fsp3) is 0. The predicted octanol–water partition coefficient (Wildman–Crippen LogP) is 5.36. The van der Waals surface area contributed by atoms with E-state index in [9.17, 15) is 4.79 Å². The molecule has 0 N–H and O–H groups in total. The van der Waals surface area contributed by atoms with Crippen LogP contribution in [-0.2, 0) is 0 Å². The standard InChI is InChI=1S/C22H15NO3/c1-2-15-11-13-16(14-12-15)22(24)26-19-9-5-3-7-17(19)21-23-18-8-4-6-10-20(18)25-21/h2-14H,1H2. The minimum atomic E-state index is -0.441. The Morgan fingerprint density at radius 1 is 0.962 bits per heavy atom. The van der Waals surface area contributed by atoms with Crippen LogP contribution in [0.5, 0.6) is 5.75 Å². The van der Waals surface area contributed by atoms with Gasteiger partial charge in [-0.15, -0.1) is 0 Å². The molecule has 0 aliphatic rings. The van der Waals surface area contributed by atoms with E-state index in [0.29, 0.717) is 28.4 Å². The number of hydrogen-bond donors (Lipinski definition) is 0. The van der Waals surface area contributed by atoms with E-state index in [1.807, 2.05) is 48.5 Å². The van der Waals surface area contributed by atoms with Crippen LogP contribution in [0, 0.1) is 0 Å². The van der Waals surface area contributed by atoms with Crippen molar-refractivity contribution in [3.8, 4) is 17.2 Å². The molecule has 0 saturated carbocycles. The first-order valence-corrected chi connectivity index (χ1v) is 8.14. The maximum absolute atomic E-state index is 12.5. The molecule has 0 spiro atoms. The number of oxazole rings is 1. The molecule has 0 aliphatic carbocycles. The van der Waals surface area contributed by atoms with Crippen LogP contribution in [-0.4, -0.2) is 11.0 Å². The molecule has 3 aromatic carbocycles. The lowest BCUT2D eigenvalue weighted by Crippen LogP contribution is -2.09. The smallest absolute Gasteiger partial charge is 0.343 e. The third-order valence-corrected chi connectivity index (χ3v) is 4.00. The highest BCUT2D eigenvalue weighted by atomic mass is 16.5. The van der Waals surface area contributed by atoms with Crippen molar-refractivity contribution >= 4 is 23.1 Å². The van der Waals surface area contributed by atoms with Crippen molar-refractivity contribution in [2.75, 3.05) is 0 Å². The number of carbonyl (C=O) groups is 1. The van der Waals surface area contributed by atoms with Crippen molar-refractivity contribution in [1.29, 1.82) is 0 Å². The highest BCUT2D eigenvalue weighted by molar-refractivity contribution is 5.92. The number of carbonyl (C=O) groups excluding carboxylic acids is 1. The van der Waals surface area contributed by atoms with Crippen molar-refractivity contribution in [2.24, 2.45) is 0 Å². The zero-order valence-corrected chi connectivity index (χ0v) is 13.9. The van der Waals surface area contributed by atoms with Crippen molar-refractivity contribution in [3.05, 3.63) is 90.5 Å². The first-order valence-electron chi connectivity index (χ1n) is 8.14. The van der Waals surface area contributed by atoms with Crippen LogP contribution in [0.1, 0.15) is 15.9 Å². The minimum Gasteiger partial charge on any atom is -0.436 e. The average molecular weight is 341 g/mol. The summed E-state index contributed by atoms with van der Waals surface area (Å²) in [5.74, 6) is 0.373. The van der Waals surface area contributed by atoms with Gasteiger partial charge in [-0.25, -0.2) is 9.78 Å². The van der Waals surface area contributed by atoms with Crippen molar-refractivity contribution in [1.82, 2.24) is 4.98 Å². The van der Waals surface area contributed by atoms with Gasteiger partial charge in [0.2, 0.25) is 5.89 Å². The highest BCUT2D eigenvalue weighted by Gasteiger charge is 2.16. The van der Waals surface area contributed by atoms with Crippen molar-refractivity contribution < 1.29 is 13.9 Å². The normalized spacial score (nSPS) is 10.6. The Labute approximate surface area is 150 Å². The van der Waals surface area contributed by atoms with Crippen molar-refractivity contribution in [3.63, 3.8) is 0 Å². The molecule has 0 unspecified atom stereocenters. The number of benzene rings is 3. The van der Waals surface area contributed by atoms with Crippen LogP contribution in [0.4, 0.5) is 0 Å². The summed E-state index contributed by atoms with van der Waals surface area (Å²) in [5.41, 5.74) is 3.46. The minimum absolute atomic E-state index is 0.400. The number of para-hydroxylation sites is 3. The number of hydrogen-bond acceptors (Lipinski definition) is 4. The molecule has 0 atom stereocenters. The molecular formula is C22H15NO3. The van der Waals surface area contributed by atoms with E-state index in [4.69, 9.17) is 9.15 Å². The summed E-state index contributed by atoms with van der Waals surface area (Å²) in [6.07, 6.45) is 1.72. The zero-order valence-electron chi connectivity index (χ0n) is 13.9. The molecule has 0 aliphatic heterocycles. The van der Waals surface area contributed by atoms with Crippen molar-refractivity contribution in [2.45, 2.75) is 0 Å². The molecule has 4 heteroatoms. The van der Waals surface area contributed by atoms with Gasteiger partial charge >= 0.3 is 5.97 Å². The van der Waals surface area contributed by atoms with E-state index in [2.05, 4.69) is 11.6 Å². The van der Waals surface area contributed by atoms with Gasteiger partial charge in [-0.2, -0.15) is 0 Å². The van der Waals surface area contributed by atoms with Crippen LogP contribution in [0.3, 0.4) is 0 Å². The first-order chi connectivity index (χ1) is 12.7. The molecule has 0 fully saturated rings. The molecular weight excluding hydrogens is 326 g/mol. The van der Waals surface area contributed by atoms with Crippen LogP contribution >= 0.6 is 0 Å². The molecule has 0 radical (unpaired) electrons. The van der Waals surface area contributed by atoms with Crippen LogP contribution in [0.25, 0.3) is 28.6 Å². The summed E-state index contributed by atoms with van der Waals surface area (Å²) in [5, 5.41) is 0. The van der Waals surface area contributed by atoms with E-state index < -0.39 is 5.97 Å². The molecule has 0 bridgehead atoms. The first kappa shape index (κ1) is 15.8. The third-order valence-electron chi connectivity index (χ3n) is 4.00. The second kappa shape index (κ2) is 6.69. The van der Waals surface area contributed by atoms with Gasteiger partial charge in [0, 0.05) is 0 Å². The van der Waals surface area contributed by atoms with Crippen LogP contribution in [0.2, 0.25) is 0 Å². The lowest BCUT2D eigenvalue weighted by molar-refractivity contribution is 0.0735. The predicted molar refractivity (Wildman–Crippen MR) is 101 cm³/mol. The lowest BCUT2D eigenvalue weighted by Gasteiger charge is -2.08. The maximum atomic E-state index is 12.5. The van der Waals surface area contributed by atoms with Crippen LogP contribution < -0.4 is 4.74 Å². The molecule has 126 valence electrons. The van der Waals surface area contributed by atoms with E-state index in [1.165, 1.54) is 0 Å². The summed E-state index contributed by atoms with van der Waals surface area (Å²) >= 11 is 0. The number of rotatable bonds is 4. The zero-order chi connectivity index (χ0) is 17.9. The second-order valence-corrected chi connectivity index (χ2v) is 5.70. The summed E-state index contributed by atoms with van der Waals surface area (Å²) in [6, 6.07) is 21.7. The molecule has 0 saturated heterocycles. The van der Waals surface area contributed by atoms with Gasteiger partial charge in [-0.05, 0) is 42.0 Å². The number of fused-ring (bicyclic) bond motifs is 1. The van der Waals surface area contributed by atoms with Gasteiger partial charge in [0.25, 0.3) is 0 Å². The van der Waals surface area contributed by atoms with Gasteiger partial charge in [0.15, 0.2) is 5.58 Å². The Hall–Kier alpha value is -3.66. The summed E-state index contributed by atoms with van der Waals surface area (Å²) < 4.78 is 11.4. The largest absolute Gasteiger partial charge is 0.436 e. The number of ether oxygens (including phenoxy) is 1. The monoisotopic (exact) mass is 341 g/mol. The Kier molecular flexibility index (Phi) is 4.07. The lowest BCUT2D eigenvalue weighted by atomic mass is 10.1. The number of aromatic nitrogens is 1. The van der Waals surface area contributed by atoms with E-state index in [0.717, 1.165) is 11.1 Å². The van der Waals surface area contributed by atoms with Gasteiger partial charge in [-0.1, -0.05) is 49.1 Å². The molecule has 1 aromatic heterocycles. The fourth-order valence-electron chi connectivity index (χ4n) is 2.63. The molecule has 4 nitrogen and oxygen atoms in total. The Morgan fingerprint density at radius 3 is 2.46 bits per heavy atom. The van der Waals surface area contributed by atoms with Gasteiger partial charge in [-0.3, -0.25) is 0 Å². The molecule has 1 heterocycles. The molecule has 0 amide bonds. The quantitative estimate of drug-likeness (QED) is 0.370. The van der Waals surface area contributed by atoms with E-state index in [1.54, 1.807) is 30.3 Å². The van der Waals surface area contributed by atoms with Gasteiger partial charge in [0.05, 0.1) is 11.1 Å². The van der Waals surface area contributed by atoms with Gasteiger partial charge < -0.3 is 9.15 Å². The summed E-state index contributed by atoms with van der Waals surface area (Å²) in [6.45, 7) is 3.70. The SMILES string of the molecule is C=Cc1ccc(C(=O)Oc2ccccc2-c2nc3ccccc3o2)cc1. The number of nitrogens with zero attached hydrogens (tertiary/aromatic N) is 1. The Morgan fingerprint density at radius 2 is 1.69 bits per heavy atom. The Bertz CT molecular complexity index is 1060. The third kappa shape index (κ3) is 3.00.